The largest absolute Gasteiger partial charge is 0.441 e. The number of sulfonamides is 1. The molecule has 0 bridgehead atoms. The van der Waals surface area contributed by atoms with E-state index in [0.29, 0.717) is 42.9 Å². The van der Waals surface area contributed by atoms with Crippen molar-refractivity contribution in [2.75, 3.05) is 31.1 Å². The van der Waals surface area contributed by atoms with E-state index in [2.05, 4.69) is 9.88 Å². The van der Waals surface area contributed by atoms with Crippen LogP contribution in [-0.4, -0.2) is 43.9 Å². The number of rotatable bonds is 4. The van der Waals surface area contributed by atoms with E-state index in [0.717, 1.165) is 11.3 Å². The van der Waals surface area contributed by atoms with E-state index in [1.54, 1.807) is 37.4 Å². The summed E-state index contributed by atoms with van der Waals surface area (Å²) in [5.41, 5.74) is 1.81. The SMILES string of the molecule is Cc1ncc(-c2ccc(S(=O)(=O)N3CCN(c4cccc(Cl)c4)CC3)cc2)o1. The van der Waals surface area contributed by atoms with Gasteiger partial charge >= 0.3 is 0 Å². The molecular weight excluding hydrogens is 398 g/mol. The molecule has 4 rings (SSSR count). The highest BCUT2D eigenvalue weighted by Crippen LogP contribution is 2.26. The van der Waals surface area contributed by atoms with Crippen molar-refractivity contribution in [2.24, 2.45) is 0 Å². The third kappa shape index (κ3) is 3.78. The van der Waals surface area contributed by atoms with Crippen LogP contribution in [0.2, 0.25) is 5.02 Å². The van der Waals surface area contributed by atoms with Crippen LogP contribution in [0.3, 0.4) is 0 Å². The molecule has 3 aromatic rings. The first-order valence-corrected chi connectivity index (χ1v) is 10.8. The third-order valence-electron chi connectivity index (χ3n) is 4.81. The third-order valence-corrected chi connectivity index (χ3v) is 6.96. The molecule has 0 aliphatic carbocycles. The molecule has 28 heavy (non-hydrogen) atoms. The first-order valence-electron chi connectivity index (χ1n) is 8.97. The molecule has 8 heteroatoms. The quantitative estimate of drug-likeness (QED) is 0.645. The fourth-order valence-corrected chi connectivity index (χ4v) is 4.90. The van der Waals surface area contributed by atoms with E-state index in [-0.39, 0.29) is 4.90 Å². The van der Waals surface area contributed by atoms with Crippen LogP contribution in [-0.2, 0) is 10.0 Å². The van der Waals surface area contributed by atoms with Crippen LogP contribution in [0.15, 0.2) is 64.0 Å². The van der Waals surface area contributed by atoms with Gasteiger partial charge in [0.15, 0.2) is 11.7 Å². The van der Waals surface area contributed by atoms with E-state index < -0.39 is 10.0 Å². The number of nitrogens with zero attached hydrogens (tertiary/aromatic N) is 3. The maximum Gasteiger partial charge on any atom is 0.243 e. The van der Waals surface area contributed by atoms with E-state index in [4.69, 9.17) is 16.0 Å². The zero-order valence-corrected chi connectivity index (χ0v) is 16.9. The van der Waals surface area contributed by atoms with Crippen LogP contribution in [0, 0.1) is 6.92 Å². The van der Waals surface area contributed by atoms with E-state index in [9.17, 15) is 8.42 Å². The Labute approximate surface area is 169 Å². The van der Waals surface area contributed by atoms with Gasteiger partial charge in [0.05, 0.1) is 11.1 Å². The number of halogens is 1. The average molecular weight is 418 g/mol. The lowest BCUT2D eigenvalue weighted by atomic mass is 10.2. The molecule has 1 fully saturated rings. The standard InChI is InChI=1S/C20H20ClN3O3S/c1-15-22-14-20(27-15)16-5-7-19(8-6-16)28(25,26)24-11-9-23(10-12-24)18-4-2-3-17(21)13-18/h2-8,13-14H,9-12H2,1H3. The molecule has 0 saturated carbocycles. The Bertz CT molecular complexity index is 1070. The second-order valence-corrected chi connectivity index (χ2v) is 9.01. The predicted octanol–water partition coefficient (Wildman–Crippen LogP) is 3.81. The minimum Gasteiger partial charge on any atom is -0.441 e. The number of aryl methyl sites for hydroxylation is 1. The Hall–Kier alpha value is -2.35. The summed E-state index contributed by atoms with van der Waals surface area (Å²) in [6.07, 6.45) is 1.63. The lowest BCUT2D eigenvalue weighted by molar-refractivity contribution is 0.385. The molecule has 1 saturated heterocycles. The number of aromatic nitrogens is 1. The van der Waals surface area contributed by atoms with Crippen LogP contribution in [0.4, 0.5) is 5.69 Å². The zero-order chi connectivity index (χ0) is 19.7. The summed E-state index contributed by atoms with van der Waals surface area (Å²) in [5.74, 6) is 1.20. The summed E-state index contributed by atoms with van der Waals surface area (Å²) < 4.78 is 33.0. The van der Waals surface area contributed by atoms with Gasteiger partial charge in [-0.05, 0) is 42.5 Å². The zero-order valence-electron chi connectivity index (χ0n) is 15.4. The van der Waals surface area contributed by atoms with Gasteiger partial charge in [-0.25, -0.2) is 13.4 Å². The van der Waals surface area contributed by atoms with Gasteiger partial charge in [0.25, 0.3) is 0 Å². The van der Waals surface area contributed by atoms with Gasteiger partial charge < -0.3 is 9.32 Å². The molecule has 0 atom stereocenters. The molecule has 0 amide bonds. The van der Waals surface area contributed by atoms with Crippen molar-refractivity contribution in [3.8, 4) is 11.3 Å². The smallest absolute Gasteiger partial charge is 0.243 e. The first kappa shape index (κ1) is 19.0. The van der Waals surface area contributed by atoms with E-state index in [1.165, 1.54) is 4.31 Å². The van der Waals surface area contributed by atoms with Crippen molar-refractivity contribution in [1.29, 1.82) is 0 Å². The number of oxazole rings is 1. The van der Waals surface area contributed by atoms with Gasteiger partial charge in [-0.2, -0.15) is 4.31 Å². The Morgan fingerprint density at radius 2 is 1.75 bits per heavy atom. The van der Waals surface area contributed by atoms with Crippen molar-refractivity contribution in [3.05, 3.63) is 65.6 Å². The van der Waals surface area contributed by atoms with E-state index >= 15 is 0 Å². The van der Waals surface area contributed by atoms with Gasteiger partial charge in [-0.15, -0.1) is 0 Å². The Kier molecular flexibility index (Phi) is 5.14. The summed E-state index contributed by atoms with van der Waals surface area (Å²) >= 11 is 6.06. The fraction of sp³-hybridized carbons (Fsp3) is 0.250. The molecular formula is C20H20ClN3O3S. The molecule has 0 radical (unpaired) electrons. The number of piperazine rings is 1. The van der Waals surface area contributed by atoms with Crippen molar-refractivity contribution < 1.29 is 12.8 Å². The molecule has 146 valence electrons. The van der Waals surface area contributed by atoms with Gasteiger partial charge in [0.2, 0.25) is 10.0 Å². The molecule has 1 aromatic heterocycles. The summed E-state index contributed by atoms with van der Waals surface area (Å²) in [5, 5.41) is 0.676. The fourth-order valence-electron chi connectivity index (χ4n) is 3.29. The molecule has 1 aliphatic rings. The van der Waals surface area contributed by atoms with Crippen LogP contribution in [0.25, 0.3) is 11.3 Å². The number of hydrogen-bond donors (Lipinski definition) is 0. The predicted molar refractivity (Wildman–Crippen MR) is 109 cm³/mol. The lowest BCUT2D eigenvalue weighted by Gasteiger charge is -2.35. The topological polar surface area (TPSA) is 66.7 Å². The molecule has 0 N–H and O–H groups in total. The first-order chi connectivity index (χ1) is 13.4. The summed E-state index contributed by atoms with van der Waals surface area (Å²) in [7, 11) is -3.54. The molecule has 2 aromatic carbocycles. The van der Waals surface area contributed by atoms with Gasteiger partial charge in [-0.1, -0.05) is 17.7 Å². The maximum absolute atomic E-state index is 13.0. The van der Waals surface area contributed by atoms with Crippen LogP contribution >= 0.6 is 11.6 Å². The van der Waals surface area contributed by atoms with Crippen LogP contribution in [0.5, 0.6) is 0 Å². The second kappa shape index (κ2) is 7.58. The molecule has 1 aliphatic heterocycles. The van der Waals surface area contributed by atoms with Gasteiger partial charge in [-0.3, -0.25) is 0 Å². The average Bonchev–Trinajstić information content (AvgIpc) is 3.14. The van der Waals surface area contributed by atoms with Crippen molar-refractivity contribution in [3.63, 3.8) is 0 Å². The second-order valence-electron chi connectivity index (χ2n) is 6.64. The van der Waals surface area contributed by atoms with Crippen molar-refractivity contribution in [2.45, 2.75) is 11.8 Å². The Morgan fingerprint density at radius 1 is 1.04 bits per heavy atom. The number of benzene rings is 2. The normalized spacial score (nSPS) is 15.7. The maximum atomic E-state index is 13.0. The minimum absolute atomic E-state index is 0.281. The minimum atomic E-state index is -3.54. The highest BCUT2D eigenvalue weighted by atomic mass is 35.5. The Morgan fingerprint density at radius 3 is 2.36 bits per heavy atom. The Balaban J connectivity index is 1.47. The van der Waals surface area contributed by atoms with Crippen molar-refractivity contribution >= 4 is 27.3 Å². The van der Waals surface area contributed by atoms with Crippen LogP contribution in [0.1, 0.15) is 5.89 Å². The van der Waals surface area contributed by atoms with Crippen LogP contribution < -0.4 is 4.90 Å². The molecule has 2 heterocycles. The summed E-state index contributed by atoms with van der Waals surface area (Å²) in [4.78, 5) is 6.50. The highest BCUT2D eigenvalue weighted by molar-refractivity contribution is 7.89. The molecule has 6 nitrogen and oxygen atoms in total. The monoisotopic (exact) mass is 417 g/mol. The highest BCUT2D eigenvalue weighted by Gasteiger charge is 2.28. The molecule has 0 spiro atoms. The van der Waals surface area contributed by atoms with Crippen molar-refractivity contribution in [1.82, 2.24) is 9.29 Å². The number of anilines is 1. The van der Waals surface area contributed by atoms with E-state index in [1.807, 2.05) is 24.3 Å². The molecule has 0 unspecified atom stereocenters. The summed E-state index contributed by atoms with van der Waals surface area (Å²) in [6.45, 7) is 3.87. The number of hydrogen-bond acceptors (Lipinski definition) is 5. The lowest BCUT2D eigenvalue weighted by Crippen LogP contribution is -2.48. The summed E-state index contributed by atoms with van der Waals surface area (Å²) in [6, 6.07) is 14.3. The van der Waals surface area contributed by atoms with Gasteiger partial charge in [0, 0.05) is 49.4 Å². The van der Waals surface area contributed by atoms with Gasteiger partial charge in [0.1, 0.15) is 0 Å².